The van der Waals surface area contributed by atoms with Gasteiger partial charge >= 0.3 is 0 Å². The van der Waals surface area contributed by atoms with Crippen LogP contribution in [0, 0.1) is 0 Å². The molecular formula is C19H24N4O2. The van der Waals surface area contributed by atoms with Crippen LogP contribution >= 0.6 is 0 Å². The number of aromatic nitrogens is 2. The minimum atomic E-state index is -0.111. The molecule has 132 valence electrons. The Labute approximate surface area is 148 Å². The molecule has 1 fully saturated rings. The minimum Gasteiger partial charge on any atom is -0.378 e. The average molecular weight is 340 g/mol. The summed E-state index contributed by atoms with van der Waals surface area (Å²) in [5.41, 5.74) is 2.58. The van der Waals surface area contributed by atoms with Crippen LogP contribution in [-0.2, 0) is 11.3 Å². The molecule has 1 amide bonds. The molecule has 1 aromatic heterocycles. The van der Waals surface area contributed by atoms with E-state index in [4.69, 9.17) is 4.74 Å². The lowest BCUT2D eigenvalue weighted by molar-refractivity contribution is 0.0502. The van der Waals surface area contributed by atoms with Crippen LogP contribution in [0.25, 0.3) is 0 Å². The van der Waals surface area contributed by atoms with Gasteiger partial charge in [0.25, 0.3) is 5.91 Å². The molecule has 2 aromatic rings. The van der Waals surface area contributed by atoms with Crippen LogP contribution in [0.4, 0.5) is 5.69 Å². The Bertz CT molecular complexity index is 682. The van der Waals surface area contributed by atoms with Crippen LogP contribution < -0.4 is 4.90 Å². The molecule has 1 aromatic carbocycles. The van der Waals surface area contributed by atoms with E-state index < -0.39 is 0 Å². The van der Waals surface area contributed by atoms with E-state index in [1.807, 2.05) is 19.0 Å². The van der Waals surface area contributed by atoms with Crippen LogP contribution in [0.3, 0.4) is 0 Å². The van der Waals surface area contributed by atoms with Crippen molar-refractivity contribution in [1.29, 1.82) is 0 Å². The fraction of sp³-hybridized carbons (Fsp3) is 0.421. The molecule has 1 atom stereocenters. The number of nitrogens with zero attached hydrogens (tertiary/aromatic N) is 4. The molecule has 1 aliphatic heterocycles. The zero-order chi connectivity index (χ0) is 17.6. The molecular weight excluding hydrogens is 316 g/mol. The monoisotopic (exact) mass is 340 g/mol. The highest BCUT2D eigenvalue weighted by Gasteiger charge is 2.24. The first-order chi connectivity index (χ1) is 12.1. The number of benzene rings is 1. The zero-order valence-corrected chi connectivity index (χ0v) is 14.8. The van der Waals surface area contributed by atoms with Crippen molar-refractivity contribution in [1.82, 2.24) is 14.9 Å². The van der Waals surface area contributed by atoms with Gasteiger partial charge in [0.05, 0.1) is 12.3 Å². The van der Waals surface area contributed by atoms with Crippen molar-refractivity contribution in [2.45, 2.75) is 25.5 Å². The standard InChI is InChI=1S/C19H24N4O2/c1-22(2)16-7-5-15(6-8-16)13-23(14-17-4-3-11-25-17)19(24)18-12-20-9-10-21-18/h5-10,12,17H,3-4,11,13-14H2,1-2H3. The summed E-state index contributed by atoms with van der Waals surface area (Å²) >= 11 is 0. The zero-order valence-electron chi connectivity index (χ0n) is 14.8. The van der Waals surface area contributed by atoms with Crippen molar-refractivity contribution in [3.8, 4) is 0 Å². The number of anilines is 1. The van der Waals surface area contributed by atoms with Gasteiger partial charge in [-0.05, 0) is 30.5 Å². The lowest BCUT2D eigenvalue weighted by Gasteiger charge is -2.25. The van der Waals surface area contributed by atoms with Crippen LogP contribution in [0.1, 0.15) is 28.9 Å². The number of hydrogen-bond donors (Lipinski definition) is 0. The van der Waals surface area contributed by atoms with Crippen molar-refractivity contribution >= 4 is 11.6 Å². The summed E-state index contributed by atoms with van der Waals surface area (Å²) in [4.78, 5) is 24.9. The van der Waals surface area contributed by atoms with E-state index in [-0.39, 0.29) is 12.0 Å². The Kier molecular flexibility index (Phi) is 5.60. The predicted molar refractivity (Wildman–Crippen MR) is 96.5 cm³/mol. The third-order valence-corrected chi connectivity index (χ3v) is 4.34. The first kappa shape index (κ1) is 17.4. The van der Waals surface area contributed by atoms with Gasteiger partial charge in [-0.25, -0.2) is 4.98 Å². The Morgan fingerprint density at radius 2 is 2.04 bits per heavy atom. The quantitative estimate of drug-likeness (QED) is 0.808. The molecule has 6 nitrogen and oxygen atoms in total. The van der Waals surface area contributed by atoms with Gasteiger partial charge in [-0.3, -0.25) is 9.78 Å². The van der Waals surface area contributed by atoms with Crippen molar-refractivity contribution in [2.24, 2.45) is 0 Å². The van der Waals surface area contributed by atoms with Crippen LogP contribution in [0.2, 0.25) is 0 Å². The molecule has 1 unspecified atom stereocenters. The maximum Gasteiger partial charge on any atom is 0.274 e. The summed E-state index contributed by atoms with van der Waals surface area (Å²) in [6, 6.07) is 8.24. The Morgan fingerprint density at radius 1 is 1.24 bits per heavy atom. The van der Waals surface area contributed by atoms with Crippen LogP contribution in [0.5, 0.6) is 0 Å². The molecule has 0 spiro atoms. The summed E-state index contributed by atoms with van der Waals surface area (Å²) in [5.74, 6) is -0.111. The number of carbonyl (C=O) groups excluding carboxylic acids is 1. The Hall–Kier alpha value is -2.47. The van der Waals surface area contributed by atoms with Crippen molar-refractivity contribution in [3.63, 3.8) is 0 Å². The molecule has 25 heavy (non-hydrogen) atoms. The van der Waals surface area contributed by atoms with Crippen molar-refractivity contribution in [2.75, 3.05) is 32.1 Å². The van der Waals surface area contributed by atoms with E-state index in [0.717, 1.165) is 30.7 Å². The molecule has 6 heteroatoms. The highest BCUT2D eigenvalue weighted by Crippen LogP contribution is 2.18. The Balaban J connectivity index is 1.76. The normalized spacial score (nSPS) is 16.6. The maximum absolute atomic E-state index is 12.9. The van der Waals surface area contributed by atoms with Gasteiger partial charge in [0, 0.05) is 51.9 Å². The molecule has 0 aliphatic carbocycles. The first-order valence-corrected chi connectivity index (χ1v) is 8.56. The highest BCUT2D eigenvalue weighted by atomic mass is 16.5. The minimum absolute atomic E-state index is 0.0988. The van der Waals surface area contributed by atoms with E-state index in [0.29, 0.717) is 18.8 Å². The van der Waals surface area contributed by atoms with Crippen LogP contribution in [-0.4, -0.2) is 54.1 Å². The van der Waals surface area contributed by atoms with Gasteiger partial charge in [-0.2, -0.15) is 0 Å². The average Bonchev–Trinajstić information content (AvgIpc) is 3.15. The number of ether oxygens (including phenoxy) is 1. The summed E-state index contributed by atoms with van der Waals surface area (Å²) < 4.78 is 5.72. The van der Waals surface area contributed by atoms with Gasteiger partial charge < -0.3 is 14.5 Å². The topological polar surface area (TPSA) is 58.6 Å². The molecule has 1 aliphatic rings. The summed E-state index contributed by atoms with van der Waals surface area (Å²) in [7, 11) is 4.02. The summed E-state index contributed by atoms with van der Waals surface area (Å²) in [6.45, 7) is 1.88. The Morgan fingerprint density at radius 3 is 2.64 bits per heavy atom. The predicted octanol–water partition coefficient (Wildman–Crippen LogP) is 2.36. The van der Waals surface area contributed by atoms with Crippen molar-refractivity contribution < 1.29 is 9.53 Å². The van der Waals surface area contributed by atoms with Gasteiger partial charge in [-0.1, -0.05) is 12.1 Å². The second kappa shape index (κ2) is 8.07. The van der Waals surface area contributed by atoms with Gasteiger partial charge in [0.2, 0.25) is 0 Å². The molecule has 0 N–H and O–H groups in total. The van der Waals surface area contributed by atoms with Gasteiger partial charge in [0.15, 0.2) is 0 Å². The lowest BCUT2D eigenvalue weighted by Crippen LogP contribution is -2.37. The highest BCUT2D eigenvalue weighted by molar-refractivity contribution is 5.92. The number of hydrogen-bond acceptors (Lipinski definition) is 5. The third-order valence-electron chi connectivity index (χ3n) is 4.34. The fourth-order valence-electron chi connectivity index (χ4n) is 2.94. The van der Waals surface area contributed by atoms with Crippen LogP contribution in [0.15, 0.2) is 42.9 Å². The second-order valence-electron chi connectivity index (χ2n) is 6.47. The number of carbonyl (C=O) groups is 1. The van der Waals surface area contributed by atoms with E-state index in [1.165, 1.54) is 6.20 Å². The number of amides is 1. The largest absolute Gasteiger partial charge is 0.378 e. The maximum atomic E-state index is 12.9. The van der Waals surface area contributed by atoms with Crippen molar-refractivity contribution in [3.05, 3.63) is 54.1 Å². The van der Waals surface area contributed by atoms with E-state index in [9.17, 15) is 4.79 Å². The van der Waals surface area contributed by atoms with Gasteiger partial charge in [0.1, 0.15) is 5.69 Å². The fourth-order valence-corrected chi connectivity index (χ4v) is 2.94. The SMILES string of the molecule is CN(C)c1ccc(CN(CC2CCCO2)C(=O)c2cnccn2)cc1. The van der Waals surface area contributed by atoms with Gasteiger partial charge in [-0.15, -0.1) is 0 Å². The molecule has 0 bridgehead atoms. The molecule has 1 saturated heterocycles. The summed E-state index contributed by atoms with van der Waals surface area (Å²) in [5, 5.41) is 0. The second-order valence-corrected chi connectivity index (χ2v) is 6.47. The summed E-state index contributed by atoms with van der Waals surface area (Å²) in [6.07, 6.45) is 6.77. The number of rotatable bonds is 6. The van der Waals surface area contributed by atoms with E-state index in [1.54, 1.807) is 12.4 Å². The molecule has 3 rings (SSSR count). The van der Waals surface area contributed by atoms with E-state index in [2.05, 4.69) is 39.1 Å². The third kappa shape index (κ3) is 4.54. The molecule has 0 radical (unpaired) electrons. The lowest BCUT2D eigenvalue weighted by atomic mass is 10.1. The first-order valence-electron chi connectivity index (χ1n) is 8.56. The van der Waals surface area contributed by atoms with E-state index >= 15 is 0 Å². The molecule has 0 saturated carbocycles. The smallest absolute Gasteiger partial charge is 0.274 e. The molecule has 2 heterocycles.